The number of nitrogens with zero attached hydrogens (tertiary/aromatic N) is 2. The molecule has 3 rings (SSSR count). The molecule has 0 saturated carbocycles. The third-order valence-electron chi connectivity index (χ3n) is 2.93. The maximum Gasteiger partial charge on any atom is 0.269 e. The SMILES string of the molecule is O=[N+]([O-])c1ccc(-c2nc3c(s2)CNCC3)cc1. The number of hydrogen-bond donors (Lipinski definition) is 1. The molecule has 0 fully saturated rings. The molecule has 0 bridgehead atoms. The minimum absolute atomic E-state index is 0.113. The summed E-state index contributed by atoms with van der Waals surface area (Å²) in [5, 5.41) is 14.8. The second kappa shape index (κ2) is 4.47. The summed E-state index contributed by atoms with van der Waals surface area (Å²) in [6.07, 6.45) is 0.957. The largest absolute Gasteiger partial charge is 0.311 e. The molecule has 0 amide bonds. The van der Waals surface area contributed by atoms with E-state index in [9.17, 15) is 10.1 Å². The quantitative estimate of drug-likeness (QED) is 0.665. The van der Waals surface area contributed by atoms with Crippen LogP contribution in [-0.4, -0.2) is 16.5 Å². The van der Waals surface area contributed by atoms with Crippen LogP contribution in [0.3, 0.4) is 0 Å². The number of hydrogen-bond acceptors (Lipinski definition) is 5. The van der Waals surface area contributed by atoms with E-state index in [0.717, 1.165) is 35.8 Å². The summed E-state index contributed by atoms with van der Waals surface area (Å²) in [5.74, 6) is 0. The second-order valence-electron chi connectivity index (χ2n) is 4.12. The van der Waals surface area contributed by atoms with E-state index in [4.69, 9.17) is 0 Å². The lowest BCUT2D eigenvalue weighted by Crippen LogP contribution is -2.22. The van der Waals surface area contributed by atoms with E-state index in [-0.39, 0.29) is 10.6 Å². The molecule has 0 aliphatic carbocycles. The van der Waals surface area contributed by atoms with Crippen LogP contribution in [0.1, 0.15) is 10.6 Å². The molecule has 0 radical (unpaired) electrons. The first kappa shape index (κ1) is 11.3. The Balaban J connectivity index is 1.94. The molecular formula is C12H11N3O2S. The molecule has 0 spiro atoms. The Morgan fingerprint density at radius 3 is 2.78 bits per heavy atom. The summed E-state index contributed by atoms with van der Waals surface area (Å²) >= 11 is 1.66. The van der Waals surface area contributed by atoms with Crippen molar-refractivity contribution in [3.8, 4) is 10.6 Å². The van der Waals surface area contributed by atoms with Gasteiger partial charge in [0.25, 0.3) is 5.69 Å². The lowest BCUT2D eigenvalue weighted by Gasteiger charge is -2.09. The average Bonchev–Trinajstić information content (AvgIpc) is 2.82. The van der Waals surface area contributed by atoms with Crippen molar-refractivity contribution in [1.82, 2.24) is 10.3 Å². The smallest absolute Gasteiger partial charge is 0.269 e. The van der Waals surface area contributed by atoms with Gasteiger partial charge in [0.15, 0.2) is 0 Å². The van der Waals surface area contributed by atoms with Gasteiger partial charge in [-0.25, -0.2) is 4.98 Å². The summed E-state index contributed by atoms with van der Waals surface area (Å²) in [5.41, 5.74) is 2.22. The highest BCUT2D eigenvalue weighted by atomic mass is 32.1. The van der Waals surface area contributed by atoms with Gasteiger partial charge in [-0.1, -0.05) is 0 Å². The van der Waals surface area contributed by atoms with Crippen LogP contribution in [0.4, 0.5) is 5.69 Å². The topological polar surface area (TPSA) is 68.1 Å². The van der Waals surface area contributed by atoms with Gasteiger partial charge in [-0.05, 0) is 12.1 Å². The van der Waals surface area contributed by atoms with E-state index in [1.165, 1.54) is 17.0 Å². The zero-order chi connectivity index (χ0) is 12.5. The van der Waals surface area contributed by atoms with Crippen molar-refractivity contribution in [3.63, 3.8) is 0 Å². The van der Waals surface area contributed by atoms with Gasteiger partial charge in [0.2, 0.25) is 0 Å². The Labute approximate surface area is 108 Å². The fraction of sp³-hybridized carbons (Fsp3) is 0.250. The minimum Gasteiger partial charge on any atom is -0.311 e. The summed E-state index contributed by atoms with van der Waals surface area (Å²) in [6, 6.07) is 6.56. The first-order valence-corrected chi connectivity index (χ1v) is 6.50. The Morgan fingerprint density at radius 1 is 1.33 bits per heavy atom. The predicted octanol–water partition coefficient (Wildman–Crippen LogP) is 2.36. The summed E-state index contributed by atoms with van der Waals surface area (Å²) in [7, 11) is 0. The monoisotopic (exact) mass is 261 g/mol. The van der Waals surface area contributed by atoms with Crippen LogP contribution in [0.25, 0.3) is 10.6 Å². The Morgan fingerprint density at radius 2 is 2.11 bits per heavy atom. The number of rotatable bonds is 2. The third-order valence-corrected chi connectivity index (χ3v) is 4.07. The fourth-order valence-electron chi connectivity index (χ4n) is 1.97. The lowest BCUT2D eigenvalue weighted by molar-refractivity contribution is -0.384. The van der Waals surface area contributed by atoms with E-state index in [0.29, 0.717) is 0 Å². The van der Waals surface area contributed by atoms with E-state index >= 15 is 0 Å². The molecule has 2 heterocycles. The molecule has 1 aliphatic heterocycles. The van der Waals surface area contributed by atoms with Gasteiger partial charge in [-0.3, -0.25) is 10.1 Å². The van der Waals surface area contributed by atoms with E-state index in [1.54, 1.807) is 23.5 Å². The molecule has 92 valence electrons. The van der Waals surface area contributed by atoms with Crippen LogP contribution in [0.5, 0.6) is 0 Å². The van der Waals surface area contributed by atoms with Crippen molar-refractivity contribution in [3.05, 3.63) is 45.0 Å². The number of benzene rings is 1. The highest BCUT2D eigenvalue weighted by Crippen LogP contribution is 2.30. The zero-order valence-electron chi connectivity index (χ0n) is 9.55. The number of fused-ring (bicyclic) bond motifs is 1. The standard InChI is InChI=1S/C12H11N3O2S/c16-15(17)9-3-1-8(2-4-9)12-14-10-5-6-13-7-11(10)18-12/h1-4,13H,5-7H2. The molecule has 1 aliphatic rings. The van der Waals surface area contributed by atoms with Gasteiger partial charge in [0.05, 0.1) is 10.6 Å². The van der Waals surface area contributed by atoms with E-state index in [2.05, 4.69) is 10.3 Å². The lowest BCUT2D eigenvalue weighted by atomic mass is 10.2. The Kier molecular flexibility index (Phi) is 2.81. The van der Waals surface area contributed by atoms with Gasteiger partial charge in [0, 0.05) is 42.1 Å². The summed E-state index contributed by atoms with van der Waals surface area (Å²) in [4.78, 5) is 16.1. The van der Waals surface area contributed by atoms with E-state index < -0.39 is 0 Å². The Hall–Kier alpha value is -1.79. The van der Waals surface area contributed by atoms with Gasteiger partial charge in [-0.2, -0.15) is 0 Å². The van der Waals surface area contributed by atoms with Crippen molar-refractivity contribution in [1.29, 1.82) is 0 Å². The van der Waals surface area contributed by atoms with Crippen molar-refractivity contribution < 1.29 is 4.92 Å². The van der Waals surface area contributed by atoms with Crippen LogP contribution < -0.4 is 5.32 Å². The van der Waals surface area contributed by atoms with Crippen molar-refractivity contribution in [2.24, 2.45) is 0 Å². The van der Waals surface area contributed by atoms with Gasteiger partial charge < -0.3 is 5.32 Å². The van der Waals surface area contributed by atoms with Crippen LogP contribution in [-0.2, 0) is 13.0 Å². The maximum atomic E-state index is 10.6. The fourth-order valence-corrected chi connectivity index (χ4v) is 3.06. The normalized spacial score (nSPS) is 14.2. The molecule has 5 nitrogen and oxygen atoms in total. The third kappa shape index (κ3) is 2.00. The highest BCUT2D eigenvalue weighted by Gasteiger charge is 2.16. The number of nitro benzene ring substituents is 1. The van der Waals surface area contributed by atoms with E-state index in [1.807, 2.05) is 0 Å². The van der Waals surface area contributed by atoms with Crippen molar-refractivity contribution in [2.45, 2.75) is 13.0 Å². The van der Waals surface area contributed by atoms with Crippen LogP contribution in [0.2, 0.25) is 0 Å². The maximum absolute atomic E-state index is 10.6. The molecule has 18 heavy (non-hydrogen) atoms. The minimum atomic E-state index is -0.388. The first-order chi connectivity index (χ1) is 8.74. The molecule has 1 aromatic carbocycles. The molecule has 2 aromatic rings. The molecule has 1 aromatic heterocycles. The molecule has 6 heteroatoms. The van der Waals surface area contributed by atoms with Crippen molar-refractivity contribution in [2.75, 3.05) is 6.54 Å². The molecule has 0 unspecified atom stereocenters. The van der Waals surface area contributed by atoms with Crippen molar-refractivity contribution >= 4 is 17.0 Å². The Bertz CT molecular complexity index is 568. The number of nitrogens with one attached hydrogen (secondary N) is 1. The molecular weight excluding hydrogens is 250 g/mol. The predicted molar refractivity (Wildman–Crippen MR) is 69.6 cm³/mol. The molecule has 0 saturated heterocycles. The van der Waals surface area contributed by atoms with Gasteiger partial charge in [-0.15, -0.1) is 11.3 Å². The van der Waals surface area contributed by atoms with Crippen LogP contribution >= 0.6 is 11.3 Å². The van der Waals surface area contributed by atoms with Gasteiger partial charge >= 0.3 is 0 Å². The van der Waals surface area contributed by atoms with Gasteiger partial charge in [0.1, 0.15) is 5.01 Å². The molecule has 0 atom stereocenters. The zero-order valence-corrected chi connectivity index (χ0v) is 10.4. The second-order valence-corrected chi connectivity index (χ2v) is 5.20. The average molecular weight is 261 g/mol. The molecule has 1 N–H and O–H groups in total. The number of non-ortho nitro benzene ring substituents is 1. The highest BCUT2D eigenvalue weighted by molar-refractivity contribution is 7.15. The number of aromatic nitrogens is 1. The summed E-state index contributed by atoms with van der Waals surface area (Å²) < 4.78 is 0. The first-order valence-electron chi connectivity index (χ1n) is 5.68. The number of nitro groups is 1. The van der Waals surface area contributed by atoms with Crippen LogP contribution in [0.15, 0.2) is 24.3 Å². The van der Waals surface area contributed by atoms with Crippen LogP contribution in [0, 0.1) is 10.1 Å². The number of thiazole rings is 1. The summed E-state index contributed by atoms with van der Waals surface area (Å²) in [6.45, 7) is 1.84.